The molecule has 0 aromatic rings. The van der Waals surface area contributed by atoms with Crippen molar-refractivity contribution >= 4 is 11.8 Å². The summed E-state index contributed by atoms with van der Waals surface area (Å²) in [6.07, 6.45) is 2.86. The lowest BCUT2D eigenvalue weighted by atomic mass is 9.98. The first-order valence-corrected chi connectivity index (χ1v) is 7.08. The lowest BCUT2D eigenvalue weighted by Crippen LogP contribution is -2.50. The Morgan fingerprint density at radius 3 is 2.45 bits per heavy atom. The van der Waals surface area contributed by atoms with Gasteiger partial charge in [0.25, 0.3) is 0 Å². The predicted molar refractivity (Wildman–Crippen MR) is 75.7 cm³/mol. The van der Waals surface area contributed by atoms with Crippen LogP contribution in [0, 0.1) is 17.2 Å². The van der Waals surface area contributed by atoms with Crippen LogP contribution in [0.15, 0.2) is 0 Å². The van der Waals surface area contributed by atoms with Gasteiger partial charge in [-0.25, -0.2) is 0 Å². The highest BCUT2D eigenvalue weighted by Gasteiger charge is 2.43. The van der Waals surface area contributed by atoms with Crippen molar-refractivity contribution in [2.45, 2.75) is 38.6 Å². The van der Waals surface area contributed by atoms with Crippen molar-refractivity contribution < 1.29 is 9.59 Å². The van der Waals surface area contributed by atoms with Crippen LogP contribution in [0.1, 0.15) is 33.1 Å². The van der Waals surface area contributed by atoms with Crippen molar-refractivity contribution in [1.82, 2.24) is 15.5 Å². The number of rotatable bonds is 8. The molecule has 2 amide bonds. The molecule has 1 aliphatic carbocycles. The van der Waals surface area contributed by atoms with Gasteiger partial charge in [0.05, 0.1) is 19.2 Å². The Labute approximate surface area is 120 Å². The van der Waals surface area contributed by atoms with Crippen molar-refractivity contribution in [2.75, 3.05) is 26.7 Å². The Kier molecular flexibility index (Phi) is 5.96. The quantitative estimate of drug-likeness (QED) is 0.667. The second kappa shape index (κ2) is 7.25. The van der Waals surface area contributed by atoms with E-state index in [-0.39, 0.29) is 30.8 Å². The summed E-state index contributed by atoms with van der Waals surface area (Å²) in [5.41, 5.74) is -0.775. The zero-order valence-corrected chi connectivity index (χ0v) is 12.5. The summed E-state index contributed by atoms with van der Waals surface area (Å²) >= 11 is 0. The van der Waals surface area contributed by atoms with E-state index < -0.39 is 5.54 Å². The predicted octanol–water partition coefficient (Wildman–Crippen LogP) is 0.253. The first-order chi connectivity index (χ1) is 9.41. The average Bonchev–Trinajstić information content (AvgIpc) is 3.20. The molecule has 1 rings (SSSR count). The summed E-state index contributed by atoms with van der Waals surface area (Å²) in [4.78, 5) is 25.1. The van der Waals surface area contributed by atoms with Crippen LogP contribution in [0.25, 0.3) is 0 Å². The van der Waals surface area contributed by atoms with Gasteiger partial charge in [-0.05, 0) is 39.2 Å². The molecule has 0 bridgehead atoms. The van der Waals surface area contributed by atoms with E-state index in [1.807, 2.05) is 6.92 Å². The maximum atomic E-state index is 11.9. The third kappa shape index (κ3) is 5.17. The first-order valence-electron chi connectivity index (χ1n) is 7.08. The fraction of sp³-hybridized carbons (Fsp3) is 0.786. The monoisotopic (exact) mass is 280 g/mol. The molecule has 0 aromatic heterocycles. The van der Waals surface area contributed by atoms with Crippen molar-refractivity contribution in [1.29, 1.82) is 5.26 Å². The Balaban J connectivity index is 2.34. The Hall–Kier alpha value is -1.61. The Morgan fingerprint density at radius 1 is 1.35 bits per heavy atom. The number of nitrogens with one attached hydrogen (secondary N) is 2. The topological polar surface area (TPSA) is 85.2 Å². The molecule has 2 N–H and O–H groups in total. The van der Waals surface area contributed by atoms with E-state index in [9.17, 15) is 14.9 Å². The third-order valence-electron chi connectivity index (χ3n) is 3.42. The summed E-state index contributed by atoms with van der Waals surface area (Å²) < 4.78 is 0. The number of likely N-dealkylation sites (N-methyl/N-ethyl adjacent to an activating group) is 1. The van der Waals surface area contributed by atoms with Gasteiger partial charge < -0.3 is 10.6 Å². The minimum absolute atomic E-state index is 0.0904. The van der Waals surface area contributed by atoms with E-state index in [4.69, 9.17) is 0 Å². The molecule has 0 heterocycles. The molecule has 0 radical (unpaired) electrons. The Bertz CT molecular complexity index is 400. The molecule has 0 unspecified atom stereocenters. The van der Waals surface area contributed by atoms with Gasteiger partial charge in [0.1, 0.15) is 5.54 Å². The maximum Gasteiger partial charge on any atom is 0.235 e. The molecule has 6 nitrogen and oxygen atoms in total. The lowest BCUT2D eigenvalue weighted by molar-refractivity contribution is -0.125. The van der Waals surface area contributed by atoms with Gasteiger partial charge in [0.2, 0.25) is 11.8 Å². The maximum absolute atomic E-state index is 11.9. The van der Waals surface area contributed by atoms with Crippen molar-refractivity contribution in [3.05, 3.63) is 0 Å². The molecule has 0 aromatic carbocycles. The molecule has 20 heavy (non-hydrogen) atoms. The second-order valence-electron chi connectivity index (χ2n) is 5.66. The normalized spacial score (nSPS) is 17.1. The van der Waals surface area contributed by atoms with Gasteiger partial charge in [-0.1, -0.05) is 6.92 Å². The summed E-state index contributed by atoms with van der Waals surface area (Å²) in [6.45, 7) is 4.69. The second-order valence-corrected chi connectivity index (χ2v) is 5.66. The Morgan fingerprint density at radius 2 is 1.95 bits per heavy atom. The molecule has 1 atom stereocenters. The molecule has 1 fully saturated rings. The number of nitrogens with zero attached hydrogens (tertiary/aromatic N) is 2. The SMILES string of the molecule is CCCNC(=O)CN(C)CC(=O)N[C@@](C)(C#N)C1CC1. The molecule has 6 heteroatoms. The van der Waals surface area contributed by atoms with E-state index in [1.54, 1.807) is 18.9 Å². The zero-order valence-electron chi connectivity index (χ0n) is 12.5. The summed E-state index contributed by atoms with van der Waals surface area (Å²) in [6, 6.07) is 2.18. The van der Waals surface area contributed by atoms with Crippen molar-refractivity contribution in [3.63, 3.8) is 0 Å². The fourth-order valence-electron chi connectivity index (χ4n) is 2.08. The van der Waals surface area contributed by atoms with Crippen LogP contribution in [-0.2, 0) is 9.59 Å². The van der Waals surface area contributed by atoms with Gasteiger partial charge in [-0.3, -0.25) is 14.5 Å². The van der Waals surface area contributed by atoms with Crippen molar-refractivity contribution in [2.24, 2.45) is 5.92 Å². The van der Waals surface area contributed by atoms with Crippen LogP contribution in [0.2, 0.25) is 0 Å². The van der Waals surface area contributed by atoms with Gasteiger partial charge in [0.15, 0.2) is 0 Å². The van der Waals surface area contributed by atoms with Crippen LogP contribution in [0.3, 0.4) is 0 Å². The highest BCUT2D eigenvalue weighted by molar-refractivity contribution is 5.81. The number of carbonyl (C=O) groups excluding carboxylic acids is 2. The number of nitriles is 1. The largest absolute Gasteiger partial charge is 0.355 e. The molecular formula is C14H24N4O2. The molecule has 1 saturated carbocycles. The highest BCUT2D eigenvalue weighted by Crippen LogP contribution is 2.39. The number of amides is 2. The molecule has 0 aliphatic heterocycles. The van der Waals surface area contributed by atoms with E-state index in [0.29, 0.717) is 6.54 Å². The summed E-state index contributed by atoms with van der Waals surface area (Å²) in [7, 11) is 1.71. The van der Waals surface area contributed by atoms with Crippen LogP contribution in [0.4, 0.5) is 0 Å². The van der Waals surface area contributed by atoms with Gasteiger partial charge in [-0.15, -0.1) is 0 Å². The van der Waals surface area contributed by atoms with E-state index in [0.717, 1.165) is 19.3 Å². The zero-order chi connectivity index (χ0) is 15.2. The summed E-state index contributed by atoms with van der Waals surface area (Å²) in [5.74, 6) is -0.0475. The van der Waals surface area contributed by atoms with Crippen LogP contribution in [0.5, 0.6) is 0 Å². The van der Waals surface area contributed by atoms with Crippen molar-refractivity contribution in [3.8, 4) is 6.07 Å². The molecule has 112 valence electrons. The molecule has 1 aliphatic rings. The molecule has 0 spiro atoms. The highest BCUT2D eigenvalue weighted by atomic mass is 16.2. The fourth-order valence-corrected chi connectivity index (χ4v) is 2.08. The van der Waals surface area contributed by atoms with Crippen LogP contribution >= 0.6 is 0 Å². The van der Waals surface area contributed by atoms with Crippen LogP contribution in [-0.4, -0.2) is 48.9 Å². The molecule has 0 saturated heterocycles. The third-order valence-corrected chi connectivity index (χ3v) is 3.42. The minimum atomic E-state index is -0.775. The van der Waals surface area contributed by atoms with Gasteiger partial charge >= 0.3 is 0 Å². The van der Waals surface area contributed by atoms with E-state index >= 15 is 0 Å². The first kappa shape index (κ1) is 16.4. The van der Waals surface area contributed by atoms with Gasteiger partial charge in [0, 0.05) is 6.54 Å². The number of hydrogen-bond acceptors (Lipinski definition) is 4. The summed E-state index contributed by atoms with van der Waals surface area (Å²) in [5, 5.41) is 14.7. The van der Waals surface area contributed by atoms with E-state index in [1.165, 1.54) is 0 Å². The van der Waals surface area contributed by atoms with E-state index in [2.05, 4.69) is 16.7 Å². The van der Waals surface area contributed by atoms with Crippen LogP contribution < -0.4 is 10.6 Å². The standard InChI is InChI=1S/C14H24N4O2/c1-4-7-16-12(19)8-18(3)9-13(20)17-14(2,10-15)11-5-6-11/h11H,4-9H2,1-3H3,(H,16,19)(H,17,20)/t14-/m0/s1. The smallest absolute Gasteiger partial charge is 0.235 e. The van der Waals surface area contributed by atoms with Gasteiger partial charge in [-0.2, -0.15) is 5.26 Å². The average molecular weight is 280 g/mol. The minimum Gasteiger partial charge on any atom is -0.355 e. The number of hydrogen-bond donors (Lipinski definition) is 2. The molecular weight excluding hydrogens is 256 g/mol. The lowest BCUT2D eigenvalue weighted by Gasteiger charge is -2.24. The number of carbonyl (C=O) groups is 2.